The molecule has 0 heterocycles. The largest absolute Gasteiger partial charge is 0.349 e. The minimum atomic E-state index is -0.201. The summed E-state index contributed by atoms with van der Waals surface area (Å²) in [5.74, 6) is -0.0397. The lowest BCUT2D eigenvalue weighted by Crippen LogP contribution is -2.32. The van der Waals surface area contributed by atoms with Crippen LogP contribution in [0.5, 0.6) is 0 Å². The Kier molecular flexibility index (Phi) is 3.27. The fraction of sp³-hybridized carbons (Fsp3) is 0.533. The van der Waals surface area contributed by atoms with E-state index in [9.17, 15) is 9.18 Å². The molecular formula is C15H19FN2O. The molecule has 102 valence electrons. The highest BCUT2D eigenvalue weighted by Crippen LogP contribution is 2.33. The number of amides is 1. The van der Waals surface area contributed by atoms with E-state index in [1.807, 2.05) is 0 Å². The Bertz CT molecular complexity index is 503. The van der Waals surface area contributed by atoms with Crippen molar-refractivity contribution in [3.05, 3.63) is 35.1 Å². The number of rotatable bonds is 2. The van der Waals surface area contributed by atoms with Crippen LogP contribution >= 0.6 is 0 Å². The Balaban J connectivity index is 1.68. The zero-order chi connectivity index (χ0) is 13.4. The SMILES string of the molecule is NC1CCC(C(=O)NC2CCc3cc(F)ccc32)C1. The average Bonchev–Trinajstić information content (AvgIpc) is 2.96. The highest BCUT2D eigenvalue weighted by Gasteiger charge is 2.31. The van der Waals surface area contributed by atoms with Gasteiger partial charge in [-0.25, -0.2) is 4.39 Å². The average molecular weight is 262 g/mol. The second-order valence-electron chi connectivity index (χ2n) is 5.71. The fourth-order valence-corrected chi connectivity index (χ4v) is 3.28. The molecule has 19 heavy (non-hydrogen) atoms. The molecule has 4 heteroatoms. The van der Waals surface area contributed by atoms with Crippen LogP contribution in [0.3, 0.4) is 0 Å². The van der Waals surface area contributed by atoms with E-state index in [2.05, 4.69) is 5.32 Å². The van der Waals surface area contributed by atoms with Gasteiger partial charge in [0.2, 0.25) is 5.91 Å². The maximum atomic E-state index is 13.1. The van der Waals surface area contributed by atoms with Gasteiger partial charge < -0.3 is 11.1 Å². The van der Waals surface area contributed by atoms with Gasteiger partial charge in [0.1, 0.15) is 5.82 Å². The molecule has 0 radical (unpaired) electrons. The Morgan fingerprint density at radius 3 is 2.89 bits per heavy atom. The Labute approximate surface area is 112 Å². The molecule has 1 saturated carbocycles. The highest BCUT2D eigenvalue weighted by atomic mass is 19.1. The second kappa shape index (κ2) is 4.93. The number of benzene rings is 1. The van der Waals surface area contributed by atoms with Crippen molar-refractivity contribution < 1.29 is 9.18 Å². The maximum absolute atomic E-state index is 13.1. The van der Waals surface area contributed by atoms with Gasteiger partial charge in [0.25, 0.3) is 0 Å². The number of hydrogen-bond acceptors (Lipinski definition) is 2. The van der Waals surface area contributed by atoms with E-state index in [1.54, 1.807) is 12.1 Å². The first-order valence-corrected chi connectivity index (χ1v) is 6.98. The van der Waals surface area contributed by atoms with Crippen molar-refractivity contribution in [2.75, 3.05) is 0 Å². The highest BCUT2D eigenvalue weighted by molar-refractivity contribution is 5.79. The molecule has 1 fully saturated rings. The zero-order valence-corrected chi connectivity index (χ0v) is 10.9. The van der Waals surface area contributed by atoms with Crippen LogP contribution in [-0.4, -0.2) is 11.9 Å². The van der Waals surface area contributed by atoms with Crippen molar-refractivity contribution in [2.24, 2.45) is 11.7 Å². The fourth-order valence-electron chi connectivity index (χ4n) is 3.28. The number of carbonyl (C=O) groups is 1. The number of hydrogen-bond donors (Lipinski definition) is 2. The lowest BCUT2D eigenvalue weighted by atomic mass is 10.0. The van der Waals surface area contributed by atoms with Crippen molar-refractivity contribution in [1.82, 2.24) is 5.32 Å². The van der Waals surface area contributed by atoms with Gasteiger partial charge in [-0.15, -0.1) is 0 Å². The van der Waals surface area contributed by atoms with Crippen LogP contribution in [0.25, 0.3) is 0 Å². The summed E-state index contributed by atoms with van der Waals surface area (Å²) in [5, 5.41) is 3.10. The molecule has 3 rings (SSSR count). The third-order valence-electron chi connectivity index (χ3n) is 4.34. The van der Waals surface area contributed by atoms with Crippen molar-refractivity contribution in [1.29, 1.82) is 0 Å². The van der Waals surface area contributed by atoms with Gasteiger partial charge in [-0.1, -0.05) is 6.07 Å². The van der Waals surface area contributed by atoms with Crippen LogP contribution < -0.4 is 11.1 Å². The van der Waals surface area contributed by atoms with E-state index in [4.69, 9.17) is 5.73 Å². The van der Waals surface area contributed by atoms with Crippen molar-refractivity contribution in [3.8, 4) is 0 Å². The summed E-state index contributed by atoms with van der Waals surface area (Å²) in [5.41, 5.74) is 7.93. The quantitative estimate of drug-likeness (QED) is 0.857. The van der Waals surface area contributed by atoms with Crippen molar-refractivity contribution >= 4 is 5.91 Å². The monoisotopic (exact) mass is 262 g/mol. The van der Waals surface area contributed by atoms with Crippen LogP contribution in [-0.2, 0) is 11.2 Å². The van der Waals surface area contributed by atoms with Gasteiger partial charge in [-0.2, -0.15) is 0 Å². The van der Waals surface area contributed by atoms with E-state index < -0.39 is 0 Å². The van der Waals surface area contributed by atoms with Gasteiger partial charge in [-0.05, 0) is 55.4 Å². The second-order valence-corrected chi connectivity index (χ2v) is 5.71. The molecule has 3 nitrogen and oxygen atoms in total. The number of nitrogens with one attached hydrogen (secondary N) is 1. The molecule has 2 aliphatic rings. The van der Waals surface area contributed by atoms with E-state index in [0.29, 0.717) is 0 Å². The summed E-state index contributed by atoms with van der Waals surface area (Å²) >= 11 is 0. The smallest absolute Gasteiger partial charge is 0.223 e. The van der Waals surface area contributed by atoms with Gasteiger partial charge in [0, 0.05) is 12.0 Å². The first-order valence-electron chi connectivity index (χ1n) is 6.98. The first kappa shape index (κ1) is 12.6. The molecule has 3 atom stereocenters. The first-order chi connectivity index (χ1) is 9.13. The minimum Gasteiger partial charge on any atom is -0.349 e. The number of nitrogens with two attached hydrogens (primary N) is 1. The Hall–Kier alpha value is -1.42. The van der Waals surface area contributed by atoms with Crippen LogP contribution in [0.4, 0.5) is 4.39 Å². The third kappa shape index (κ3) is 2.50. The molecule has 0 bridgehead atoms. The molecule has 0 aliphatic heterocycles. The summed E-state index contributed by atoms with van der Waals surface area (Å²) < 4.78 is 13.1. The Morgan fingerprint density at radius 2 is 2.16 bits per heavy atom. The van der Waals surface area contributed by atoms with Gasteiger partial charge in [0.05, 0.1) is 6.04 Å². The lowest BCUT2D eigenvalue weighted by molar-refractivity contribution is -0.125. The molecule has 1 aromatic rings. The third-order valence-corrected chi connectivity index (χ3v) is 4.34. The number of carbonyl (C=O) groups excluding carboxylic acids is 1. The summed E-state index contributed by atoms with van der Waals surface area (Å²) in [6.07, 6.45) is 4.31. The molecular weight excluding hydrogens is 243 g/mol. The summed E-state index contributed by atoms with van der Waals surface area (Å²) in [6.45, 7) is 0. The van der Waals surface area contributed by atoms with Gasteiger partial charge in [0.15, 0.2) is 0 Å². The summed E-state index contributed by atoms with van der Waals surface area (Å²) in [4.78, 5) is 12.2. The van der Waals surface area contributed by atoms with E-state index in [1.165, 1.54) is 6.07 Å². The summed E-state index contributed by atoms with van der Waals surface area (Å²) in [7, 11) is 0. The van der Waals surface area contributed by atoms with Crippen LogP contribution in [0, 0.1) is 11.7 Å². The predicted molar refractivity (Wildman–Crippen MR) is 70.9 cm³/mol. The van der Waals surface area contributed by atoms with E-state index in [0.717, 1.165) is 43.2 Å². The van der Waals surface area contributed by atoms with E-state index >= 15 is 0 Å². The van der Waals surface area contributed by atoms with Crippen molar-refractivity contribution in [2.45, 2.75) is 44.2 Å². The number of aryl methyl sites for hydroxylation is 1. The summed E-state index contributed by atoms with van der Waals surface area (Å²) in [6, 6.07) is 5.05. The minimum absolute atomic E-state index is 0.0416. The molecule has 3 unspecified atom stereocenters. The lowest BCUT2D eigenvalue weighted by Gasteiger charge is -2.17. The molecule has 3 N–H and O–H groups in total. The molecule has 1 aromatic carbocycles. The Morgan fingerprint density at radius 1 is 1.32 bits per heavy atom. The van der Waals surface area contributed by atoms with Crippen LogP contribution in [0.2, 0.25) is 0 Å². The molecule has 0 spiro atoms. The molecule has 1 amide bonds. The van der Waals surface area contributed by atoms with Gasteiger partial charge >= 0.3 is 0 Å². The van der Waals surface area contributed by atoms with Crippen molar-refractivity contribution in [3.63, 3.8) is 0 Å². The maximum Gasteiger partial charge on any atom is 0.223 e. The predicted octanol–water partition coefficient (Wildman–Crippen LogP) is 2.06. The topological polar surface area (TPSA) is 55.1 Å². The van der Waals surface area contributed by atoms with Gasteiger partial charge in [-0.3, -0.25) is 4.79 Å². The standard InChI is InChI=1S/C15H19FN2O/c16-11-3-5-13-9(7-11)2-6-14(13)18-15(19)10-1-4-12(17)8-10/h3,5,7,10,12,14H,1-2,4,6,8,17H2,(H,18,19). The van der Waals surface area contributed by atoms with Crippen LogP contribution in [0.1, 0.15) is 42.9 Å². The van der Waals surface area contributed by atoms with E-state index in [-0.39, 0.29) is 29.7 Å². The van der Waals surface area contributed by atoms with Crippen LogP contribution in [0.15, 0.2) is 18.2 Å². The zero-order valence-electron chi connectivity index (χ0n) is 10.9. The molecule has 2 aliphatic carbocycles. The number of fused-ring (bicyclic) bond motifs is 1. The normalized spacial score (nSPS) is 29.3. The molecule has 0 saturated heterocycles. The molecule has 0 aromatic heterocycles. The number of halogens is 1.